The van der Waals surface area contributed by atoms with Crippen LogP contribution in [0.25, 0.3) is 0 Å². The van der Waals surface area contributed by atoms with E-state index in [2.05, 4.69) is 27.0 Å². The first-order valence-corrected chi connectivity index (χ1v) is 22.5. The Morgan fingerprint density at radius 2 is 0.911 bits per heavy atom. The smallest absolute Gasteiger partial charge is 0.330 e. The summed E-state index contributed by atoms with van der Waals surface area (Å²) in [5, 5.41) is 0. The maximum atomic E-state index is 12.6. The zero-order valence-electron chi connectivity index (χ0n) is 35.8. The van der Waals surface area contributed by atoms with Crippen LogP contribution in [0.3, 0.4) is 0 Å². The van der Waals surface area contributed by atoms with Gasteiger partial charge in [0.1, 0.15) is 6.61 Å². The van der Waals surface area contributed by atoms with E-state index in [1.54, 1.807) is 0 Å². The Kier molecular flexibility index (Phi) is 39.9. The molecular weight excluding hydrogens is 712 g/mol. The monoisotopic (exact) mass is 795 g/mol. The van der Waals surface area contributed by atoms with Crippen LogP contribution in [0.4, 0.5) is 0 Å². The van der Waals surface area contributed by atoms with Gasteiger partial charge < -0.3 is 28.4 Å². The van der Waals surface area contributed by atoms with Crippen LogP contribution in [0.15, 0.2) is 25.3 Å². The largest absolute Gasteiger partial charge is 0.462 e. The molecule has 0 aromatic carbocycles. The van der Waals surface area contributed by atoms with Gasteiger partial charge in [0.15, 0.2) is 6.10 Å². The molecule has 0 spiro atoms. The molecule has 0 rings (SSSR count). The Morgan fingerprint density at radius 3 is 1.41 bits per heavy atom. The van der Waals surface area contributed by atoms with Crippen LogP contribution in [0.5, 0.6) is 0 Å². The maximum absolute atomic E-state index is 12.6. The molecule has 0 aromatic rings. The summed E-state index contributed by atoms with van der Waals surface area (Å²) in [4.78, 5) is 48.1. The normalized spacial score (nSPS) is 12.1. The highest BCUT2D eigenvalue weighted by Gasteiger charge is 2.18. The molecule has 2 unspecified atom stereocenters. The van der Waals surface area contributed by atoms with Crippen molar-refractivity contribution >= 4 is 23.9 Å². The molecule has 0 saturated carbocycles. The van der Waals surface area contributed by atoms with Crippen molar-refractivity contribution in [3.63, 3.8) is 0 Å². The van der Waals surface area contributed by atoms with Gasteiger partial charge in [-0.15, -0.1) is 0 Å². The van der Waals surface area contributed by atoms with Crippen LogP contribution >= 0.6 is 0 Å². The molecule has 10 nitrogen and oxygen atoms in total. The van der Waals surface area contributed by atoms with Crippen LogP contribution in [0.1, 0.15) is 200 Å². The Bertz CT molecular complexity index is 968. The predicted octanol–water partition coefficient (Wildman–Crippen LogP) is 11.6. The molecule has 0 saturated heterocycles. The van der Waals surface area contributed by atoms with Crippen molar-refractivity contribution in [1.29, 1.82) is 0 Å². The third-order valence-electron chi connectivity index (χ3n) is 9.64. The second kappa shape index (κ2) is 41.9. The summed E-state index contributed by atoms with van der Waals surface area (Å²) in [5.74, 6) is -1.63. The van der Waals surface area contributed by atoms with Gasteiger partial charge in [-0.3, -0.25) is 9.59 Å². The minimum atomic E-state index is -0.692. The molecule has 0 aliphatic carbocycles. The molecule has 0 N–H and O–H groups in total. The second-order valence-electron chi connectivity index (χ2n) is 15.0. The van der Waals surface area contributed by atoms with Crippen molar-refractivity contribution in [2.75, 3.05) is 33.0 Å². The Balaban J connectivity index is 4.46. The van der Waals surface area contributed by atoms with Crippen molar-refractivity contribution in [2.45, 2.75) is 212 Å². The summed E-state index contributed by atoms with van der Waals surface area (Å²) >= 11 is 0. The fourth-order valence-electron chi connectivity index (χ4n) is 6.26. The Morgan fingerprint density at radius 1 is 0.464 bits per heavy atom. The fraction of sp³-hybridized carbons (Fsp3) is 0.826. The summed E-state index contributed by atoms with van der Waals surface area (Å²) in [6.45, 7) is 12.2. The van der Waals surface area contributed by atoms with E-state index in [4.69, 9.17) is 28.4 Å². The van der Waals surface area contributed by atoms with Crippen molar-refractivity contribution in [3.8, 4) is 0 Å². The Labute approximate surface area is 341 Å². The van der Waals surface area contributed by atoms with Gasteiger partial charge in [0, 0.05) is 44.4 Å². The van der Waals surface area contributed by atoms with E-state index in [1.165, 1.54) is 103 Å². The van der Waals surface area contributed by atoms with Crippen LogP contribution in [0.2, 0.25) is 0 Å². The summed E-state index contributed by atoms with van der Waals surface area (Å²) in [7, 11) is 0. The molecule has 10 heteroatoms. The quantitative estimate of drug-likeness (QED) is 0.0194. The van der Waals surface area contributed by atoms with Gasteiger partial charge in [0.2, 0.25) is 6.29 Å². The van der Waals surface area contributed by atoms with Crippen molar-refractivity contribution < 1.29 is 47.6 Å². The number of ether oxygens (including phenoxy) is 6. The van der Waals surface area contributed by atoms with Crippen LogP contribution in [-0.4, -0.2) is 69.3 Å². The van der Waals surface area contributed by atoms with E-state index in [0.29, 0.717) is 38.9 Å². The molecular formula is C46H82O10. The van der Waals surface area contributed by atoms with Gasteiger partial charge in [-0.2, -0.15) is 0 Å². The van der Waals surface area contributed by atoms with Crippen molar-refractivity contribution in [2.24, 2.45) is 0 Å². The third kappa shape index (κ3) is 38.2. The van der Waals surface area contributed by atoms with E-state index in [0.717, 1.165) is 69.9 Å². The van der Waals surface area contributed by atoms with Gasteiger partial charge in [-0.05, 0) is 25.7 Å². The average molecular weight is 795 g/mol. The number of unbranched alkanes of at least 4 members (excludes halogenated alkanes) is 22. The highest BCUT2D eigenvalue weighted by Crippen LogP contribution is 2.16. The minimum Gasteiger partial charge on any atom is -0.462 e. The zero-order valence-corrected chi connectivity index (χ0v) is 35.8. The second-order valence-corrected chi connectivity index (χ2v) is 15.0. The van der Waals surface area contributed by atoms with E-state index < -0.39 is 24.3 Å². The number of rotatable bonds is 43. The molecule has 0 aliphatic heterocycles. The summed E-state index contributed by atoms with van der Waals surface area (Å²) in [6.07, 6.45) is 31.4. The van der Waals surface area contributed by atoms with Crippen molar-refractivity contribution in [1.82, 2.24) is 0 Å². The van der Waals surface area contributed by atoms with Crippen LogP contribution in [0, 0.1) is 0 Å². The standard InChI is InChI=1S/C46H82O10/c1-5-9-11-13-15-17-19-21-23-25-28-33-44(49)55-41(40-54-43(48)8-4)39-51-36-31-27-30-35-46(53-38-32-37-52-42(47)7-3)56-45(50)34-29-26-24-22-20-18-16-14-12-10-6-2/h7-8,41,46H,3-6,9-40H2,1-2H3. The highest BCUT2D eigenvalue weighted by molar-refractivity contribution is 5.81. The fourth-order valence-corrected chi connectivity index (χ4v) is 6.26. The summed E-state index contributed by atoms with van der Waals surface area (Å²) in [6, 6.07) is 0. The number of hydrogen-bond acceptors (Lipinski definition) is 10. The van der Waals surface area contributed by atoms with Gasteiger partial charge in [0.05, 0.1) is 19.8 Å². The molecule has 0 radical (unpaired) electrons. The van der Waals surface area contributed by atoms with Gasteiger partial charge in [0.25, 0.3) is 0 Å². The lowest BCUT2D eigenvalue weighted by atomic mass is 10.1. The lowest BCUT2D eigenvalue weighted by molar-refractivity contribution is -0.181. The minimum absolute atomic E-state index is 0.0920. The first-order valence-electron chi connectivity index (χ1n) is 22.5. The molecule has 0 aliphatic rings. The molecule has 0 fully saturated rings. The van der Waals surface area contributed by atoms with E-state index >= 15 is 0 Å². The van der Waals surface area contributed by atoms with Gasteiger partial charge in [-0.1, -0.05) is 162 Å². The predicted molar refractivity (Wildman–Crippen MR) is 224 cm³/mol. The molecule has 2 atom stereocenters. The molecule has 0 aromatic heterocycles. The Hall–Kier alpha value is -2.72. The maximum Gasteiger partial charge on any atom is 0.330 e. The van der Waals surface area contributed by atoms with Gasteiger partial charge >= 0.3 is 23.9 Å². The third-order valence-corrected chi connectivity index (χ3v) is 9.64. The SMILES string of the molecule is C=CC(=O)OCCCOC(CCCCCOCC(COC(=O)C=C)OC(=O)CCCCCCCCCCCCC)OC(=O)CCCCCCCCCCCCC. The topological polar surface area (TPSA) is 124 Å². The summed E-state index contributed by atoms with van der Waals surface area (Å²) in [5.41, 5.74) is 0. The lowest BCUT2D eigenvalue weighted by Gasteiger charge is -2.19. The van der Waals surface area contributed by atoms with E-state index in [1.807, 2.05) is 0 Å². The van der Waals surface area contributed by atoms with E-state index in [-0.39, 0.29) is 31.8 Å². The number of carbonyl (C=O) groups is 4. The number of hydrogen-bond donors (Lipinski definition) is 0. The first-order chi connectivity index (χ1) is 27.4. The average Bonchev–Trinajstić information content (AvgIpc) is 3.19. The number of esters is 4. The van der Waals surface area contributed by atoms with Gasteiger partial charge in [-0.25, -0.2) is 9.59 Å². The first kappa shape index (κ1) is 53.3. The van der Waals surface area contributed by atoms with Crippen molar-refractivity contribution in [3.05, 3.63) is 25.3 Å². The highest BCUT2D eigenvalue weighted by atomic mass is 16.7. The molecule has 0 heterocycles. The number of carbonyl (C=O) groups excluding carboxylic acids is 4. The summed E-state index contributed by atoms with van der Waals surface area (Å²) < 4.78 is 33.2. The molecule has 56 heavy (non-hydrogen) atoms. The molecule has 326 valence electrons. The molecule has 0 amide bonds. The van der Waals surface area contributed by atoms with Crippen LogP contribution < -0.4 is 0 Å². The van der Waals surface area contributed by atoms with Crippen LogP contribution in [-0.2, 0) is 47.6 Å². The van der Waals surface area contributed by atoms with E-state index in [9.17, 15) is 19.2 Å². The zero-order chi connectivity index (χ0) is 41.2. The molecule has 0 bridgehead atoms. The lowest BCUT2D eigenvalue weighted by Crippen LogP contribution is -2.29.